The Kier molecular flexibility index (Phi) is 67.0. The topological polar surface area (TPSA) is 561 Å². The number of allylic oxidation sites excluding steroid dienone is 1. The number of unbranched alkanes of at least 4 members (excludes halogenated alkanes) is 8. The first-order chi connectivity index (χ1) is 58.2. The van der Waals surface area contributed by atoms with Gasteiger partial charge in [-0.05, 0) is 110 Å². The Morgan fingerprint density at radius 2 is 0.500 bits per heavy atom. The highest BCUT2D eigenvalue weighted by molar-refractivity contribution is 7.82. The van der Waals surface area contributed by atoms with E-state index in [0.717, 1.165) is 238 Å². The van der Waals surface area contributed by atoms with Crippen LogP contribution in [0, 0.1) is 0 Å². The van der Waals surface area contributed by atoms with Crippen molar-refractivity contribution in [3.05, 3.63) is 12.2 Å². The summed E-state index contributed by atoms with van der Waals surface area (Å²) in [5, 5.41) is 0. The van der Waals surface area contributed by atoms with Gasteiger partial charge >= 0.3 is 95.1 Å². The van der Waals surface area contributed by atoms with Gasteiger partial charge in [0.2, 0.25) is 0 Å². The summed E-state index contributed by atoms with van der Waals surface area (Å²) < 4.78 is 308. The second-order valence-corrected chi connectivity index (χ2v) is 41.8. The molecule has 738 valence electrons. The van der Waals surface area contributed by atoms with Gasteiger partial charge in [-0.2, -0.15) is 67.3 Å². The summed E-state index contributed by atoms with van der Waals surface area (Å²) in [6, 6.07) is 0. The summed E-state index contributed by atoms with van der Waals surface area (Å²) in [6.45, 7) is 3.13. The molecule has 10 unspecified atom stereocenters. The smallest absolute Gasteiger partial charge is 0.397 e. The van der Waals surface area contributed by atoms with Crippen molar-refractivity contribution in [2.45, 2.75) is 486 Å². The van der Waals surface area contributed by atoms with E-state index in [4.69, 9.17) is 43.7 Å². The summed E-state index contributed by atoms with van der Waals surface area (Å²) in [4.78, 5) is 25.8. The summed E-state index contributed by atoms with van der Waals surface area (Å²) in [5.74, 6) is -0.900. The van der Waals surface area contributed by atoms with E-state index in [1.807, 2.05) is 0 Å². The predicted octanol–water partition coefficient (Wildman–Crippen LogP) is 18.9. The molecule has 0 aromatic rings. The van der Waals surface area contributed by atoms with Crippen LogP contribution in [0.5, 0.6) is 0 Å². The fourth-order valence-electron chi connectivity index (χ4n) is 15.8. The number of cyclic esters (lactones) is 2. The van der Waals surface area contributed by atoms with E-state index in [2.05, 4.69) is 8.37 Å². The van der Waals surface area contributed by atoms with Crippen LogP contribution < -0.4 is 0 Å². The van der Waals surface area contributed by atoms with E-state index in [-0.39, 0.29) is 63.8 Å². The molecule has 1 fully saturated rings. The van der Waals surface area contributed by atoms with Gasteiger partial charge < -0.3 is 9.47 Å². The first kappa shape index (κ1) is 120. The lowest BCUT2D eigenvalue weighted by molar-refractivity contribution is -0.151. The monoisotopic (exact) mass is 1950 g/mol. The van der Waals surface area contributed by atoms with Crippen LogP contribution in [0.1, 0.15) is 425 Å². The first-order valence-corrected chi connectivity index (χ1v) is 56.4. The molecule has 0 amide bonds. The lowest BCUT2D eigenvalue weighted by Gasteiger charge is -2.23. The molecule has 1 saturated heterocycles. The average Bonchev–Trinajstić information content (AvgIpc) is 0.890. The minimum Gasteiger partial charge on any atom is -0.462 e. The third-order valence-electron chi connectivity index (χ3n) is 21.7. The molecule has 44 heteroatoms. The van der Waals surface area contributed by atoms with E-state index >= 15 is 0 Å². The maximum Gasteiger partial charge on any atom is 0.397 e. The zero-order chi connectivity index (χ0) is 92.7. The van der Waals surface area contributed by atoms with Gasteiger partial charge in [0.1, 0.15) is 12.2 Å². The third-order valence-corrected chi connectivity index (χ3v) is 26.0. The van der Waals surface area contributed by atoms with Crippen LogP contribution in [0.15, 0.2) is 12.2 Å². The number of ether oxygens (including phenoxy) is 2. The molecule has 2 aliphatic rings. The van der Waals surface area contributed by atoms with Gasteiger partial charge in [-0.3, -0.25) is 41.2 Å². The lowest BCUT2D eigenvalue weighted by atomic mass is 9.98. The molecule has 0 aliphatic carbocycles. The molecule has 10 atom stereocenters. The van der Waals surface area contributed by atoms with Crippen LogP contribution >= 0.6 is 0 Å². The number of carbonyl (C=O) groups is 2. The molecule has 2 heterocycles. The fraction of sp³-hybridized carbons (Fsp3) is 0.950. The van der Waals surface area contributed by atoms with Crippen molar-refractivity contribution >= 4 is 95.1 Å². The summed E-state index contributed by atoms with van der Waals surface area (Å²) in [5.41, 5.74) is 0. The maximum absolute atomic E-state index is 13.0. The molecule has 8 N–H and O–H groups in total. The predicted molar refractivity (Wildman–Crippen MR) is 467 cm³/mol. The van der Waals surface area contributed by atoms with Crippen molar-refractivity contribution in [3.63, 3.8) is 0 Å². The quantitative estimate of drug-likeness (QED) is 0.0176. The number of carbonyl (C=O) groups excluding carboxylic acids is 2. The SMILES string of the molecule is CC(CCCCCCCC1CC(OS(=O)(=O)O)CCCCCCCCCCCC(OS(=O)(=O)O)CC(OS(=O)(=O)O)CCCCCCCCCCC/C=C/C(=O)O1)OS(=O)(=O)O.CC(CCCCCCCC1CC(OS(=O)(=O)O)CCCCCCCCCCCC(OS(=O)(=O)O)CC(OS(=O)(=O)O)CCCCCCCCCCCCCC(=O)O1)OS(=O)(=O)O. The Bertz CT molecular complexity index is 3740. The van der Waals surface area contributed by atoms with E-state index in [1.165, 1.54) is 6.08 Å². The Hall–Kier alpha value is -2.36. The number of hydrogen-bond acceptors (Lipinski definition) is 28. The molecule has 0 bridgehead atoms. The van der Waals surface area contributed by atoms with Crippen LogP contribution in [-0.2, 0) is 136 Å². The minimum absolute atomic E-state index is 0.0776. The molecule has 36 nitrogen and oxygen atoms in total. The van der Waals surface area contributed by atoms with E-state index in [0.29, 0.717) is 116 Å². The average molecular weight is 1950 g/mol. The van der Waals surface area contributed by atoms with Gasteiger partial charge in [-0.25, -0.2) is 38.3 Å². The van der Waals surface area contributed by atoms with Gasteiger partial charge in [0.05, 0.1) is 48.8 Å². The normalized spacial score (nSPS) is 24.6. The van der Waals surface area contributed by atoms with Crippen molar-refractivity contribution < 1.29 is 156 Å². The molecule has 0 radical (unpaired) electrons. The molecular weight excluding hydrogens is 1790 g/mol. The number of rotatable bonds is 32. The second-order valence-electron chi connectivity index (χ2n) is 33.5. The fourth-order valence-corrected chi connectivity index (χ4v) is 19.9. The number of esters is 2. The van der Waals surface area contributed by atoms with Gasteiger partial charge in [0.15, 0.2) is 0 Å². The molecule has 2 aliphatic heterocycles. The van der Waals surface area contributed by atoms with Gasteiger partial charge in [-0.1, -0.05) is 289 Å². The molecule has 0 saturated carbocycles. The van der Waals surface area contributed by atoms with Gasteiger partial charge in [0.25, 0.3) is 0 Å². The molecule has 0 aromatic carbocycles. The molecule has 0 spiro atoms. The Morgan fingerprint density at radius 3 is 0.758 bits per heavy atom. The highest BCUT2D eigenvalue weighted by Gasteiger charge is 2.31. The van der Waals surface area contributed by atoms with Crippen LogP contribution in [-0.4, -0.2) is 177 Å². The van der Waals surface area contributed by atoms with Crippen LogP contribution in [0.2, 0.25) is 0 Å². The van der Waals surface area contributed by atoms with Crippen LogP contribution in [0.25, 0.3) is 0 Å². The Balaban J connectivity index is 0.00000124. The van der Waals surface area contributed by atoms with E-state index in [9.17, 15) is 104 Å². The maximum atomic E-state index is 13.0. The summed E-state index contributed by atoms with van der Waals surface area (Å²) >= 11 is 0. The standard InChI is InChI=1S/C40H78O18S4.C40H76O18S4/c2*1-35(55-59(42,43)44)27-21-15-14-19-22-28-36-33-37(56-60(45,46)47)29-23-16-11-7-5-8-12-18-25-31-39(58-62(51,52)53)34-38(57-61(48,49)50)30-24-17-10-6-3-2-4-9-13-20-26-32-40(41)54-36/h35-39H,2-34H2,1H3,(H,42,43,44)(H,45,46,47)(H,48,49,50)(H,51,52,53);26,32,35-39H,2-25,27-31,33-34H2,1H3,(H,42,43,44)(H,45,46,47)(H,48,49,50)(H,51,52,53)/b;32-26+. The third kappa shape index (κ3) is 83.9. The first-order valence-electron chi connectivity index (χ1n) is 45.5. The van der Waals surface area contributed by atoms with Gasteiger partial charge in [0, 0.05) is 38.2 Å². The zero-order valence-corrected chi connectivity index (χ0v) is 80.0. The van der Waals surface area contributed by atoms with E-state index < -0.39 is 150 Å². The van der Waals surface area contributed by atoms with Crippen molar-refractivity contribution in [1.82, 2.24) is 0 Å². The molecule has 2 rings (SSSR count). The Morgan fingerprint density at radius 1 is 0.282 bits per heavy atom. The molecular formula is C80H154O36S8. The Labute approximate surface area is 744 Å². The largest absolute Gasteiger partial charge is 0.462 e. The van der Waals surface area contributed by atoms with Crippen molar-refractivity contribution in [3.8, 4) is 0 Å². The second kappa shape index (κ2) is 69.5. The van der Waals surface area contributed by atoms with Crippen LogP contribution in [0.3, 0.4) is 0 Å². The van der Waals surface area contributed by atoms with Crippen molar-refractivity contribution in [1.29, 1.82) is 0 Å². The van der Waals surface area contributed by atoms with Crippen LogP contribution in [0.4, 0.5) is 0 Å². The highest BCUT2D eigenvalue weighted by Crippen LogP contribution is 2.29. The number of hydrogen-bond donors (Lipinski definition) is 8. The lowest BCUT2D eigenvalue weighted by Crippen LogP contribution is -2.27. The van der Waals surface area contributed by atoms with Crippen molar-refractivity contribution in [2.24, 2.45) is 0 Å². The van der Waals surface area contributed by atoms with Gasteiger partial charge in [-0.15, -0.1) is 0 Å². The highest BCUT2D eigenvalue weighted by atomic mass is 32.3. The van der Waals surface area contributed by atoms with Crippen molar-refractivity contribution in [2.75, 3.05) is 0 Å². The summed E-state index contributed by atoms with van der Waals surface area (Å²) in [7, 11) is -37.8. The summed E-state index contributed by atoms with van der Waals surface area (Å²) in [6.07, 6.45) is 38.8. The zero-order valence-electron chi connectivity index (χ0n) is 73.5. The molecule has 0 aromatic heterocycles. The molecule has 124 heavy (non-hydrogen) atoms. The minimum atomic E-state index is -4.82. The van der Waals surface area contributed by atoms with E-state index in [1.54, 1.807) is 19.9 Å².